The number of halogens is 1. The van der Waals surface area contributed by atoms with E-state index >= 15 is 0 Å². The van der Waals surface area contributed by atoms with Crippen LogP contribution in [0.15, 0.2) is 70.2 Å². The van der Waals surface area contributed by atoms with E-state index in [-0.39, 0.29) is 40.2 Å². The number of esters is 2. The zero-order chi connectivity index (χ0) is 28.1. The second-order valence-corrected chi connectivity index (χ2v) is 10.4. The number of nitrogens with zero attached hydrogens (tertiary/aromatic N) is 1. The number of amides is 1. The highest BCUT2D eigenvalue weighted by atomic mass is 35.5. The molecule has 12 heteroatoms. The molecule has 0 unspecified atom stereocenters. The molecule has 3 N–H and O–H groups in total. The molecule has 9 nitrogen and oxygen atoms in total. The molecular formula is C27H23ClN2O7S2. The van der Waals surface area contributed by atoms with Gasteiger partial charge < -0.3 is 25.1 Å². The van der Waals surface area contributed by atoms with Crippen LogP contribution in [0.1, 0.15) is 27.4 Å². The first kappa shape index (κ1) is 28.2. The standard InChI is InChI=1S/C21H17NO5S.C6H6ClNO2S/c1-26-20(24)18-17(23)11-28-19(18)22-21(25)27-10-16-14-8-4-2-6-12(14)13-7-3-5-9-15(13)16;1-10-6(9)4-3(7)2-11-5(4)8/h2-9,16,23H,10-11H2,1H3;2H,8H2,1H3. The number of aliphatic hydroxyl groups is 1. The zero-order valence-electron chi connectivity index (χ0n) is 20.8. The van der Waals surface area contributed by atoms with Gasteiger partial charge in [-0.1, -0.05) is 71.9 Å². The number of methoxy groups -OCH3 is 2. The van der Waals surface area contributed by atoms with E-state index in [1.165, 1.54) is 25.6 Å². The maximum atomic E-state index is 12.3. The number of hydrogen-bond donors (Lipinski definition) is 2. The highest BCUT2D eigenvalue weighted by molar-refractivity contribution is 8.15. The molecule has 0 radical (unpaired) electrons. The summed E-state index contributed by atoms with van der Waals surface area (Å²) in [7, 11) is 2.49. The van der Waals surface area contributed by atoms with Crippen LogP contribution in [-0.4, -0.2) is 54.8 Å². The topological polar surface area (TPSA) is 138 Å². The van der Waals surface area contributed by atoms with E-state index in [0.29, 0.717) is 10.0 Å². The van der Waals surface area contributed by atoms with Crippen LogP contribution in [0, 0.1) is 0 Å². The van der Waals surface area contributed by atoms with E-state index in [9.17, 15) is 19.5 Å². The summed E-state index contributed by atoms with van der Waals surface area (Å²) in [4.78, 5) is 38.8. The summed E-state index contributed by atoms with van der Waals surface area (Å²) in [6.07, 6.45) is -0.805. The van der Waals surface area contributed by atoms with Gasteiger partial charge in [0.1, 0.15) is 33.5 Å². The van der Waals surface area contributed by atoms with E-state index in [2.05, 4.69) is 26.6 Å². The molecule has 5 rings (SSSR count). The lowest BCUT2D eigenvalue weighted by molar-refractivity contribution is -0.135. The molecular weight excluding hydrogens is 564 g/mol. The van der Waals surface area contributed by atoms with E-state index in [1.54, 1.807) is 5.38 Å². The average molecular weight is 587 g/mol. The Morgan fingerprint density at radius 2 is 1.62 bits per heavy atom. The lowest BCUT2D eigenvalue weighted by Crippen LogP contribution is -2.14. The molecule has 39 heavy (non-hydrogen) atoms. The first-order valence-corrected chi connectivity index (χ1v) is 13.7. The summed E-state index contributed by atoms with van der Waals surface area (Å²) < 4.78 is 14.5. The molecule has 3 aromatic rings. The Balaban J connectivity index is 0.000000270. The largest absolute Gasteiger partial charge is 0.510 e. The third kappa shape index (κ3) is 5.95. The maximum absolute atomic E-state index is 12.3. The SMILES string of the molecule is COC(=O)C1=C(O)CSC1=NC(=O)OCC1c2ccccc2-c2ccccc21.COC(=O)c1c(Cl)csc1N. The number of carbonyl (C=O) groups excluding carboxylic acids is 3. The molecule has 0 saturated heterocycles. The van der Waals surface area contributed by atoms with Crippen molar-refractivity contribution in [1.29, 1.82) is 0 Å². The number of ether oxygens (including phenoxy) is 3. The van der Waals surface area contributed by atoms with Gasteiger partial charge in [0.05, 0.1) is 25.0 Å². The van der Waals surface area contributed by atoms with Gasteiger partial charge in [0.2, 0.25) is 0 Å². The molecule has 2 aliphatic rings. The van der Waals surface area contributed by atoms with Crippen LogP contribution in [0.2, 0.25) is 5.02 Å². The van der Waals surface area contributed by atoms with Gasteiger partial charge in [-0.2, -0.15) is 4.99 Å². The van der Waals surface area contributed by atoms with Crippen LogP contribution in [0.3, 0.4) is 0 Å². The number of hydrogen-bond acceptors (Lipinski definition) is 10. The van der Waals surface area contributed by atoms with Gasteiger partial charge in [-0.05, 0) is 22.3 Å². The molecule has 1 aromatic heterocycles. The van der Waals surface area contributed by atoms with Crippen molar-refractivity contribution >= 4 is 62.8 Å². The molecule has 0 atom stereocenters. The summed E-state index contributed by atoms with van der Waals surface area (Å²) in [6, 6.07) is 16.1. The first-order chi connectivity index (χ1) is 18.8. The molecule has 2 aromatic carbocycles. The molecule has 1 aliphatic carbocycles. The zero-order valence-corrected chi connectivity index (χ0v) is 23.2. The van der Waals surface area contributed by atoms with Gasteiger partial charge in [0, 0.05) is 11.3 Å². The number of aliphatic imine (C=N–C) groups is 1. The number of anilines is 1. The number of rotatable bonds is 4. The Bertz CT molecular complexity index is 1430. The second-order valence-electron chi connectivity index (χ2n) is 8.14. The van der Waals surface area contributed by atoms with Gasteiger partial charge in [0.15, 0.2) is 0 Å². The minimum absolute atomic E-state index is 0.0724. The molecule has 1 amide bonds. The molecule has 202 valence electrons. The Kier molecular flexibility index (Phi) is 8.95. The van der Waals surface area contributed by atoms with Crippen molar-refractivity contribution in [2.24, 2.45) is 4.99 Å². The number of benzene rings is 2. The van der Waals surface area contributed by atoms with E-state index in [4.69, 9.17) is 22.1 Å². The van der Waals surface area contributed by atoms with Crippen LogP contribution < -0.4 is 5.73 Å². The Hall–Kier alpha value is -3.80. The fourth-order valence-electron chi connectivity index (χ4n) is 4.16. The van der Waals surface area contributed by atoms with Crippen LogP contribution >= 0.6 is 34.7 Å². The van der Waals surface area contributed by atoms with Crippen molar-refractivity contribution in [3.05, 3.63) is 87.0 Å². The molecule has 2 heterocycles. The van der Waals surface area contributed by atoms with Crippen molar-refractivity contribution in [1.82, 2.24) is 0 Å². The van der Waals surface area contributed by atoms with E-state index in [1.807, 2.05) is 36.4 Å². The van der Waals surface area contributed by atoms with Gasteiger partial charge in [-0.25, -0.2) is 14.4 Å². The molecule has 1 aliphatic heterocycles. The van der Waals surface area contributed by atoms with Crippen LogP contribution in [0.4, 0.5) is 9.80 Å². The summed E-state index contributed by atoms with van der Waals surface area (Å²) in [6.45, 7) is 0.136. The van der Waals surface area contributed by atoms with Crippen molar-refractivity contribution in [2.75, 3.05) is 32.3 Å². The second kappa shape index (κ2) is 12.4. The number of nitrogen functional groups attached to an aromatic ring is 1. The normalized spacial score (nSPS) is 14.8. The minimum Gasteiger partial charge on any atom is -0.510 e. The predicted octanol–water partition coefficient (Wildman–Crippen LogP) is 5.84. The quantitative estimate of drug-likeness (QED) is 0.285. The first-order valence-electron chi connectivity index (χ1n) is 11.4. The summed E-state index contributed by atoms with van der Waals surface area (Å²) in [5.41, 5.74) is 10.1. The fourth-order valence-corrected chi connectivity index (χ4v) is 6.09. The molecule has 0 fully saturated rings. The van der Waals surface area contributed by atoms with E-state index in [0.717, 1.165) is 34.0 Å². The Labute approximate surface area is 237 Å². The Morgan fingerprint density at radius 3 is 2.15 bits per heavy atom. The van der Waals surface area contributed by atoms with Gasteiger partial charge in [-0.15, -0.1) is 11.3 Å². The number of nitrogens with two attached hydrogens (primary N) is 1. The van der Waals surface area contributed by atoms with Crippen molar-refractivity contribution in [3.8, 4) is 11.1 Å². The fraction of sp³-hybridized carbons (Fsp3) is 0.185. The number of carbonyl (C=O) groups is 3. The van der Waals surface area contributed by atoms with Crippen LogP contribution in [0.5, 0.6) is 0 Å². The number of thioether (sulfide) groups is 1. The number of fused-ring (bicyclic) bond motifs is 3. The Morgan fingerprint density at radius 1 is 1.03 bits per heavy atom. The number of thiophene rings is 1. The van der Waals surface area contributed by atoms with E-state index < -0.39 is 18.0 Å². The minimum atomic E-state index is -0.805. The van der Waals surface area contributed by atoms with Gasteiger partial charge >= 0.3 is 18.0 Å². The van der Waals surface area contributed by atoms with Crippen LogP contribution in [-0.2, 0) is 19.0 Å². The lowest BCUT2D eigenvalue weighted by atomic mass is 9.98. The lowest BCUT2D eigenvalue weighted by Gasteiger charge is -2.13. The van der Waals surface area contributed by atoms with Gasteiger partial charge in [0.25, 0.3) is 0 Å². The highest BCUT2D eigenvalue weighted by Crippen LogP contribution is 2.44. The summed E-state index contributed by atoms with van der Waals surface area (Å²) >= 11 is 7.96. The molecule has 0 saturated carbocycles. The summed E-state index contributed by atoms with van der Waals surface area (Å²) in [5, 5.41) is 12.3. The predicted molar refractivity (Wildman–Crippen MR) is 152 cm³/mol. The van der Waals surface area contributed by atoms with Crippen LogP contribution in [0.25, 0.3) is 11.1 Å². The molecule has 0 bridgehead atoms. The monoisotopic (exact) mass is 586 g/mol. The smallest absolute Gasteiger partial charge is 0.434 e. The third-order valence-corrected chi connectivity index (χ3v) is 8.16. The van der Waals surface area contributed by atoms with Crippen molar-refractivity contribution in [3.63, 3.8) is 0 Å². The summed E-state index contributed by atoms with van der Waals surface area (Å²) in [5.74, 6) is -1.28. The number of aliphatic hydroxyl groups excluding tert-OH is 1. The maximum Gasteiger partial charge on any atom is 0.434 e. The van der Waals surface area contributed by atoms with Crippen molar-refractivity contribution in [2.45, 2.75) is 5.92 Å². The average Bonchev–Trinajstić information content (AvgIpc) is 3.59. The van der Waals surface area contributed by atoms with Crippen molar-refractivity contribution < 1.29 is 33.7 Å². The highest BCUT2D eigenvalue weighted by Gasteiger charge is 2.31. The van der Waals surface area contributed by atoms with Gasteiger partial charge in [-0.3, -0.25) is 0 Å². The third-order valence-electron chi connectivity index (χ3n) is 5.93. The molecule has 0 spiro atoms.